The molecule has 0 radical (unpaired) electrons. The van der Waals surface area contributed by atoms with Crippen molar-refractivity contribution >= 4 is 91.9 Å². The van der Waals surface area contributed by atoms with Crippen molar-refractivity contribution in [3.63, 3.8) is 0 Å². The van der Waals surface area contributed by atoms with E-state index in [0.29, 0.717) is 49.2 Å². The number of carbonyl (C=O) groups excluding carboxylic acids is 3. The molecule has 1 aliphatic heterocycles. The normalized spacial score (nSPS) is 13.7. The number of thiazole rings is 1. The predicted molar refractivity (Wildman–Crippen MR) is 267 cm³/mol. The Morgan fingerprint density at radius 3 is 2.19 bits per heavy atom. The van der Waals surface area contributed by atoms with E-state index >= 15 is 4.39 Å². The molecule has 0 spiro atoms. The van der Waals surface area contributed by atoms with Crippen molar-refractivity contribution in [3.05, 3.63) is 106 Å². The van der Waals surface area contributed by atoms with Gasteiger partial charge in [0, 0.05) is 42.8 Å². The van der Waals surface area contributed by atoms with E-state index in [-0.39, 0.29) is 51.7 Å². The number of halogens is 5. The van der Waals surface area contributed by atoms with Crippen molar-refractivity contribution in [2.45, 2.75) is 94.2 Å². The number of aryl methyl sites for hydroxylation is 1. The lowest BCUT2D eigenvalue weighted by molar-refractivity contribution is 0.0177. The van der Waals surface area contributed by atoms with Crippen LogP contribution in [-0.2, 0) is 30.8 Å². The molecule has 3 amide bonds. The summed E-state index contributed by atoms with van der Waals surface area (Å²) in [4.78, 5) is 50.4. The average molecular weight is 1070 g/mol. The molecule has 6 rings (SSSR count). The van der Waals surface area contributed by atoms with Crippen molar-refractivity contribution in [1.29, 1.82) is 0 Å². The molecule has 5 aromatic rings. The fourth-order valence-electron chi connectivity index (χ4n) is 7.24. The molecule has 0 aliphatic carbocycles. The topological polar surface area (TPSA) is 158 Å². The lowest BCUT2D eigenvalue weighted by atomic mass is 9.93. The number of rotatable bonds is 13. The molecule has 370 valence electrons. The van der Waals surface area contributed by atoms with Crippen LogP contribution in [0.2, 0.25) is 5.02 Å². The minimum atomic E-state index is -4.98. The first-order valence-electron chi connectivity index (χ1n) is 21.7. The second-order valence-corrected chi connectivity index (χ2v) is 23.7. The third kappa shape index (κ3) is 14.8. The quantitative estimate of drug-likeness (QED) is 0.0816. The van der Waals surface area contributed by atoms with E-state index in [1.807, 2.05) is 64.1 Å². The maximum Gasteiger partial charge on any atom is 0.430 e. The molecule has 1 fully saturated rings. The molecule has 3 heterocycles. The van der Waals surface area contributed by atoms with Crippen LogP contribution >= 0.6 is 57.7 Å². The molecular weight excluding hydrogens is 1020 g/mol. The third-order valence-electron chi connectivity index (χ3n) is 10.4. The van der Waals surface area contributed by atoms with Crippen LogP contribution in [0.25, 0.3) is 22.3 Å². The largest absolute Gasteiger partial charge is 0.455 e. The van der Waals surface area contributed by atoms with Gasteiger partial charge in [0.15, 0.2) is 5.82 Å². The van der Waals surface area contributed by atoms with Crippen molar-refractivity contribution in [1.82, 2.24) is 19.8 Å². The number of nitrogens with zero attached hydrogens (tertiary/aromatic N) is 5. The van der Waals surface area contributed by atoms with Gasteiger partial charge >= 0.3 is 18.3 Å². The van der Waals surface area contributed by atoms with Crippen LogP contribution in [0.1, 0.15) is 72.1 Å². The molecule has 0 bridgehead atoms. The summed E-state index contributed by atoms with van der Waals surface area (Å²) in [5.74, 6) is -1.40. The van der Waals surface area contributed by atoms with Gasteiger partial charge in [0.1, 0.15) is 40.0 Å². The van der Waals surface area contributed by atoms with Crippen molar-refractivity contribution in [2.24, 2.45) is 5.92 Å². The highest BCUT2D eigenvalue weighted by molar-refractivity contribution is 7.93. The first-order valence-corrected chi connectivity index (χ1v) is 25.6. The standard InChI is InChI=1S/C48H52Cl4FN5O9S2/c1-30-9-8-10-32(21-30)33-11-12-39(65-40-25-38(53)41(24-37(40)49)69(62,63)58(42-27-68-29-55-42)45(61)67-47(5,6)7)36(23-33)34-13-17-54-35(22-34)26-57(43(59)64-28-48(50,51)52)20-16-31-14-18-56(19-15-31)44(60)66-46(2,3)4/h8-13,17,21-25,27,29,31H,14-16,18-20,26,28H2,1-7H3. The zero-order chi connectivity index (χ0) is 50.5. The van der Waals surface area contributed by atoms with Crippen LogP contribution in [0, 0.1) is 18.7 Å². The number of anilines is 1. The minimum Gasteiger partial charge on any atom is -0.455 e. The van der Waals surface area contributed by atoms with Crippen molar-refractivity contribution in [2.75, 3.05) is 30.5 Å². The number of carbonyl (C=O) groups is 3. The van der Waals surface area contributed by atoms with Crippen LogP contribution in [0.4, 0.5) is 24.6 Å². The monoisotopic (exact) mass is 1070 g/mol. The molecule has 21 heteroatoms. The SMILES string of the molecule is Cc1cccc(-c2ccc(Oc3cc(F)c(S(=O)(=O)N(C(=O)OC(C)(C)C)c4cscn4)cc3Cl)c(-c3ccnc(CN(CCC4CCN(C(=O)OC(C)(C)C)CC4)C(=O)OCC(Cl)(Cl)Cl)c3)c2)c1. The maximum atomic E-state index is 16.2. The Kier molecular flexibility index (Phi) is 17.1. The summed E-state index contributed by atoms with van der Waals surface area (Å²) in [7, 11) is -4.98. The van der Waals surface area contributed by atoms with E-state index in [0.717, 1.165) is 40.2 Å². The number of likely N-dealkylation sites (tertiary alicyclic amines) is 1. The van der Waals surface area contributed by atoms with Gasteiger partial charge in [-0.1, -0.05) is 82.3 Å². The Balaban J connectivity index is 1.31. The molecule has 0 unspecified atom stereocenters. The maximum absolute atomic E-state index is 16.2. The van der Waals surface area contributed by atoms with Crippen LogP contribution in [0.5, 0.6) is 11.5 Å². The van der Waals surface area contributed by atoms with Gasteiger partial charge in [-0.05, 0) is 121 Å². The summed E-state index contributed by atoms with van der Waals surface area (Å²) in [5, 5.41) is 1.02. The summed E-state index contributed by atoms with van der Waals surface area (Å²) >= 11 is 25.6. The minimum absolute atomic E-state index is 0.00870. The summed E-state index contributed by atoms with van der Waals surface area (Å²) in [6.07, 6.45) is 1.17. The molecule has 0 atom stereocenters. The van der Waals surface area contributed by atoms with E-state index < -0.39 is 54.5 Å². The summed E-state index contributed by atoms with van der Waals surface area (Å²) in [6, 6.07) is 18.4. The molecule has 69 heavy (non-hydrogen) atoms. The van der Waals surface area contributed by atoms with E-state index in [4.69, 9.17) is 65.4 Å². The summed E-state index contributed by atoms with van der Waals surface area (Å²) in [5.41, 5.74) is 3.87. The predicted octanol–water partition coefficient (Wildman–Crippen LogP) is 13.2. The zero-order valence-corrected chi connectivity index (χ0v) is 43.6. The number of aromatic nitrogens is 2. The Morgan fingerprint density at radius 2 is 1.55 bits per heavy atom. The van der Waals surface area contributed by atoms with Gasteiger partial charge in [0.05, 0.1) is 22.8 Å². The van der Waals surface area contributed by atoms with Crippen molar-refractivity contribution in [3.8, 4) is 33.8 Å². The van der Waals surface area contributed by atoms with Gasteiger partial charge in [-0.2, -0.15) is 0 Å². The molecule has 0 saturated carbocycles. The van der Waals surface area contributed by atoms with Crippen LogP contribution in [-0.4, -0.2) is 87.7 Å². The van der Waals surface area contributed by atoms with E-state index in [2.05, 4.69) is 9.97 Å². The number of sulfonamides is 1. The molecule has 1 aliphatic rings. The summed E-state index contributed by atoms with van der Waals surface area (Å²) in [6.45, 7) is 12.9. The van der Waals surface area contributed by atoms with Gasteiger partial charge in [-0.25, -0.2) is 32.2 Å². The third-order valence-corrected chi connectivity index (χ3v) is 13.3. The number of amides is 3. The number of piperidine rings is 1. The number of benzene rings is 3. The van der Waals surface area contributed by atoms with Crippen LogP contribution in [0.15, 0.2) is 88.7 Å². The Labute approximate surface area is 425 Å². The van der Waals surface area contributed by atoms with Crippen LogP contribution < -0.4 is 9.04 Å². The van der Waals surface area contributed by atoms with Gasteiger partial charge < -0.3 is 28.7 Å². The molecular formula is C48H52Cl4FN5O9S2. The number of ether oxygens (including phenoxy) is 4. The second kappa shape index (κ2) is 22.0. The first-order chi connectivity index (χ1) is 32.3. The number of alkyl halides is 3. The molecule has 1 saturated heterocycles. The summed E-state index contributed by atoms with van der Waals surface area (Å²) < 4.78 is 65.4. The smallest absolute Gasteiger partial charge is 0.430 e. The van der Waals surface area contributed by atoms with E-state index in [1.165, 1.54) is 15.8 Å². The number of hydrogen-bond donors (Lipinski definition) is 0. The van der Waals surface area contributed by atoms with Crippen LogP contribution in [0.3, 0.4) is 0 Å². The Bertz CT molecular complexity index is 2760. The fourth-order valence-corrected chi connectivity index (χ4v) is 9.61. The second-order valence-electron chi connectivity index (χ2n) is 18.3. The highest BCUT2D eigenvalue weighted by atomic mass is 35.6. The molecule has 0 N–H and O–H groups in total. The first kappa shape index (κ1) is 53.4. The highest BCUT2D eigenvalue weighted by Gasteiger charge is 2.38. The van der Waals surface area contributed by atoms with Gasteiger partial charge in [-0.15, -0.1) is 15.6 Å². The molecule has 14 nitrogen and oxygen atoms in total. The van der Waals surface area contributed by atoms with Gasteiger partial charge in [0.25, 0.3) is 10.0 Å². The number of hydrogen-bond acceptors (Lipinski definition) is 12. The average Bonchev–Trinajstić information content (AvgIpc) is 3.78. The highest BCUT2D eigenvalue weighted by Crippen LogP contribution is 2.41. The Morgan fingerprint density at radius 1 is 0.855 bits per heavy atom. The lowest BCUT2D eigenvalue weighted by Crippen LogP contribution is -2.42. The van der Waals surface area contributed by atoms with E-state index in [9.17, 15) is 22.8 Å². The Hall–Kier alpha value is -4.91. The lowest BCUT2D eigenvalue weighted by Gasteiger charge is -2.34. The zero-order valence-electron chi connectivity index (χ0n) is 38.9. The number of pyridine rings is 1. The van der Waals surface area contributed by atoms with Crippen molar-refractivity contribution < 1.29 is 46.1 Å². The molecule has 2 aromatic heterocycles. The van der Waals surface area contributed by atoms with E-state index in [1.54, 1.807) is 50.1 Å². The van der Waals surface area contributed by atoms with Gasteiger partial charge in [-0.3, -0.25) is 4.98 Å². The molecule has 3 aromatic carbocycles. The fraction of sp³-hybridized carbons (Fsp3) is 0.396. The van der Waals surface area contributed by atoms with Gasteiger partial charge in [0.2, 0.25) is 3.79 Å².